The number of carbonyl (C=O) groups is 6. The van der Waals surface area contributed by atoms with Gasteiger partial charge in [-0.3, -0.25) is 38.5 Å². The molecule has 0 radical (unpaired) electrons. The van der Waals surface area contributed by atoms with Crippen molar-refractivity contribution in [3.05, 3.63) is 123 Å². The first kappa shape index (κ1) is 61.5. The lowest BCUT2D eigenvalue weighted by atomic mass is 9.85. The van der Waals surface area contributed by atoms with E-state index in [-0.39, 0.29) is 79.8 Å². The second-order valence-electron chi connectivity index (χ2n) is 22.9. The fourth-order valence-corrected chi connectivity index (χ4v) is 11.2. The lowest BCUT2D eigenvalue weighted by Crippen LogP contribution is -2.59. The SMILES string of the molecule is Cc1ncsc1-c1ccc(C(CC(=O)NCCCCNC(=O)c2ccc(-c3ccc(N4C[C@@H](C)N(C)[C@@H](C)C4)c(NC(=O)c4c[nH]c(=O)cc4C(F)(F)F)c3)c(F)c2)NC(=O)[C@@H]2C[C@@H](O)CN2C(=O)C(NC(=O)C2(F)CC2)C(C)(C)C)cc1. The van der Waals surface area contributed by atoms with Crippen molar-refractivity contribution < 1.29 is 55.8 Å². The van der Waals surface area contributed by atoms with Crippen molar-refractivity contribution in [3.8, 4) is 21.6 Å². The zero-order valence-electron chi connectivity index (χ0n) is 47.1. The van der Waals surface area contributed by atoms with Gasteiger partial charge in [-0.1, -0.05) is 57.2 Å². The van der Waals surface area contributed by atoms with Gasteiger partial charge in [0, 0.05) is 74.6 Å². The molecule has 24 heteroatoms. The maximum Gasteiger partial charge on any atom is 0.417 e. The number of thiazole rings is 1. The number of likely N-dealkylation sites (tertiary alicyclic amines) is 1. The number of likely N-dealkylation sites (N-methyl/N-ethyl adjacent to an activating group) is 1. The highest BCUT2D eigenvalue weighted by Gasteiger charge is 2.53. The van der Waals surface area contributed by atoms with Crippen LogP contribution in [-0.2, 0) is 25.4 Å². The van der Waals surface area contributed by atoms with Crippen molar-refractivity contribution in [2.24, 2.45) is 5.41 Å². The van der Waals surface area contributed by atoms with Crippen LogP contribution >= 0.6 is 11.3 Å². The maximum atomic E-state index is 16.0. The molecule has 1 aliphatic carbocycles. The van der Waals surface area contributed by atoms with Gasteiger partial charge in [0.2, 0.25) is 23.3 Å². The number of β-amino-alcohol motifs (C(OH)–C–C–N with tert-alkyl or cyclic N) is 1. The fraction of sp³-hybridized carbons (Fsp3) is 0.458. The first-order valence-electron chi connectivity index (χ1n) is 27.5. The number of rotatable bonds is 19. The summed E-state index contributed by atoms with van der Waals surface area (Å²) in [7, 11) is 1.98. The molecule has 5 aromatic rings. The third kappa shape index (κ3) is 14.6. The number of alkyl halides is 4. The van der Waals surface area contributed by atoms with Gasteiger partial charge >= 0.3 is 6.18 Å². The Morgan fingerprint density at radius 3 is 2.14 bits per heavy atom. The van der Waals surface area contributed by atoms with E-state index in [2.05, 4.69) is 41.5 Å². The van der Waals surface area contributed by atoms with Crippen molar-refractivity contribution in [1.82, 2.24) is 41.0 Å². The van der Waals surface area contributed by atoms with E-state index in [1.54, 1.807) is 50.5 Å². The lowest BCUT2D eigenvalue weighted by Gasteiger charge is -2.44. The van der Waals surface area contributed by atoms with Crippen molar-refractivity contribution >= 4 is 58.2 Å². The number of aromatic nitrogens is 2. The summed E-state index contributed by atoms with van der Waals surface area (Å²) in [6, 6.07) is 12.9. The van der Waals surface area contributed by atoms with Gasteiger partial charge in [0.25, 0.3) is 17.7 Å². The molecule has 2 aliphatic heterocycles. The second-order valence-corrected chi connectivity index (χ2v) is 23.7. The van der Waals surface area contributed by atoms with Crippen LogP contribution in [-0.4, -0.2) is 136 Å². The average molecular weight is 1170 g/mol. The minimum absolute atomic E-state index is 0.00477. The van der Waals surface area contributed by atoms with Gasteiger partial charge in [-0.25, -0.2) is 13.8 Å². The van der Waals surface area contributed by atoms with Crippen LogP contribution in [0.2, 0.25) is 0 Å². The summed E-state index contributed by atoms with van der Waals surface area (Å²) in [5.74, 6) is -5.15. The summed E-state index contributed by atoms with van der Waals surface area (Å²) in [4.78, 5) is 106. The molecule has 2 aromatic heterocycles. The predicted octanol–water partition coefficient (Wildman–Crippen LogP) is 7.28. The Bertz CT molecular complexity index is 3300. The average Bonchev–Trinajstić information content (AvgIpc) is 4.09. The van der Waals surface area contributed by atoms with Gasteiger partial charge in [0.1, 0.15) is 17.9 Å². The summed E-state index contributed by atoms with van der Waals surface area (Å²) < 4.78 is 72.8. The number of H-pyrrole nitrogens is 1. The normalized spacial score (nSPS) is 19.6. The van der Waals surface area contributed by atoms with Crippen LogP contribution in [0.5, 0.6) is 0 Å². The molecule has 6 atom stereocenters. The molecule has 83 heavy (non-hydrogen) atoms. The zero-order valence-corrected chi connectivity index (χ0v) is 48.0. The molecule has 3 aliphatic rings. The molecular weight excluding hydrogens is 1100 g/mol. The number of amides is 6. The number of halogens is 5. The number of anilines is 2. The van der Waals surface area contributed by atoms with Crippen LogP contribution in [0, 0.1) is 18.2 Å². The number of aromatic amines is 1. The molecule has 2 saturated heterocycles. The van der Waals surface area contributed by atoms with Gasteiger partial charge in [-0.05, 0) is 99.9 Å². The van der Waals surface area contributed by atoms with Gasteiger partial charge < -0.3 is 46.5 Å². The van der Waals surface area contributed by atoms with Gasteiger partial charge in [-0.2, -0.15) is 13.2 Å². The van der Waals surface area contributed by atoms with Crippen LogP contribution in [0.25, 0.3) is 21.6 Å². The predicted molar refractivity (Wildman–Crippen MR) is 304 cm³/mol. The second kappa shape index (κ2) is 25.1. The minimum atomic E-state index is -5.02. The minimum Gasteiger partial charge on any atom is -0.391 e. The number of hydrogen-bond donors (Lipinski definition) is 7. The number of hydrogen-bond acceptors (Lipinski definition) is 12. The zero-order chi connectivity index (χ0) is 60.3. The van der Waals surface area contributed by atoms with Gasteiger partial charge in [-0.15, -0.1) is 11.3 Å². The van der Waals surface area contributed by atoms with E-state index in [4.69, 9.17) is 0 Å². The Balaban J connectivity index is 0.890. The van der Waals surface area contributed by atoms with E-state index in [9.17, 15) is 56.2 Å². The summed E-state index contributed by atoms with van der Waals surface area (Å²) in [5, 5.41) is 24.5. The number of benzene rings is 3. The van der Waals surface area contributed by atoms with Crippen LogP contribution in [0.4, 0.5) is 33.3 Å². The molecule has 8 rings (SSSR count). The molecule has 3 fully saturated rings. The monoisotopic (exact) mass is 1170 g/mol. The fourth-order valence-electron chi connectivity index (χ4n) is 10.4. The van der Waals surface area contributed by atoms with E-state index >= 15 is 4.39 Å². The highest BCUT2D eigenvalue weighted by molar-refractivity contribution is 7.13. The molecular formula is C59H69F5N10O8S. The Kier molecular flexibility index (Phi) is 18.6. The Morgan fingerprint density at radius 2 is 1.53 bits per heavy atom. The number of aliphatic hydroxyl groups excluding tert-OH is 1. The molecule has 444 valence electrons. The van der Waals surface area contributed by atoms with E-state index in [1.165, 1.54) is 34.4 Å². The smallest absolute Gasteiger partial charge is 0.391 e. The van der Waals surface area contributed by atoms with Crippen molar-refractivity contribution in [2.75, 3.05) is 50.0 Å². The standard InChI is InChI=1S/C59H69F5N10O8S/c1-32-28-73(29-33(2)72(32)7)46-17-15-37(23-45(46)70-53(79)41-27-67-48(76)25-42(41)59(62,63)64)40-16-14-38(22-43(40)60)52(78)66-21-9-8-20-65-49(77)26-44(35-10-12-36(13-11-35)50-34(3)68-31-83-50)69-54(80)47-24-39(75)30-74(47)55(81)51(57(4,5)6)71-56(82)58(61)18-19-58/h10-17,22-23,25,27,31-33,39,44,47,51,75H,8-9,18-21,24,26,28-30H2,1-7H3,(H,65,77)(H,66,78)(H,67,76)(H,69,80)(H,70,79)(H,71,82)/t32-,33+,39-,44?,47+,51?/m1/s1. The molecule has 0 spiro atoms. The molecule has 4 heterocycles. The van der Waals surface area contributed by atoms with Crippen molar-refractivity contribution in [2.45, 2.75) is 128 Å². The first-order chi connectivity index (χ1) is 39.1. The van der Waals surface area contributed by atoms with Gasteiger partial charge in [0.15, 0.2) is 5.67 Å². The number of unbranched alkanes of at least 4 members (excludes halogenated alkanes) is 1. The van der Waals surface area contributed by atoms with E-state index in [0.29, 0.717) is 49.4 Å². The van der Waals surface area contributed by atoms with E-state index in [1.807, 2.05) is 44.9 Å². The largest absolute Gasteiger partial charge is 0.417 e. The maximum absolute atomic E-state index is 16.0. The number of piperazine rings is 1. The topological polar surface area (TPSA) is 238 Å². The molecule has 18 nitrogen and oxygen atoms in total. The van der Waals surface area contributed by atoms with Crippen LogP contribution in [0.1, 0.15) is 117 Å². The van der Waals surface area contributed by atoms with Crippen molar-refractivity contribution in [1.29, 1.82) is 0 Å². The third-order valence-electron chi connectivity index (χ3n) is 15.5. The molecule has 0 bridgehead atoms. The summed E-state index contributed by atoms with van der Waals surface area (Å²) in [6.45, 7) is 12.2. The lowest BCUT2D eigenvalue weighted by molar-refractivity contribution is -0.145. The molecule has 6 amide bonds. The van der Waals surface area contributed by atoms with Crippen molar-refractivity contribution in [3.63, 3.8) is 0 Å². The summed E-state index contributed by atoms with van der Waals surface area (Å²) in [6.07, 6.45) is -4.85. The molecule has 7 N–H and O–H groups in total. The Labute approximate surface area is 481 Å². The first-order valence-corrected chi connectivity index (χ1v) is 28.4. The van der Waals surface area contributed by atoms with Gasteiger partial charge in [0.05, 0.1) is 57.1 Å². The highest BCUT2D eigenvalue weighted by Crippen LogP contribution is 2.41. The number of carbonyl (C=O) groups excluding carboxylic acids is 6. The molecule has 1 saturated carbocycles. The summed E-state index contributed by atoms with van der Waals surface area (Å²) in [5.41, 5.74) is -1.35. The quantitative estimate of drug-likeness (QED) is 0.0320. The van der Waals surface area contributed by atoms with Crippen LogP contribution < -0.4 is 37.0 Å². The van der Waals surface area contributed by atoms with E-state index < -0.39 is 99.4 Å². The number of pyridine rings is 1. The molecule has 3 aromatic carbocycles. The Morgan fingerprint density at radius 1 is 0.867 bits per heavy atom. The highest BCUT2D eigenvalue weighted by atomic mass is 32.1. The molecule has 2 unspecified atom stereocenters. The summed E-state index contributed by atoms with van der Waals surface area (Å²) >= 11 is 1.46. The number of aryl methyl sites for hydroxylation is 1. The Hall–Kier alpha value is -7.57. The van der Waals surface area contributed by atoms with E-state index in [0.717, 1.165) is 22.2 Å². The third-order valence-corrected chi connectivity index (χ3v) is 16.5. The number of nitrogens with zero attached hydrogens (tertiary/aromatic N) is 4. The number of nitrogens with one attached hydrogen (secondary N) is 6. The van der Waals surface area contributed by atoms with Crippen LogP contribution in [0.3, 0.4) is 0 Å². The number of aliphatic hydroxyl groups is 1. The van der Waals surface area contributed by atoms with Crippen LogP contribution in [0.15, 0.2) is 83.2 Å².